The molecule has 6 nitrogen and oxygen atoms in total. The Morgan fingerprint density at radius 2 is 2.00 bits per heavy atom. The standard InChI is InChI=1S/C15H19N3O3/c1-3-4-5-10-20-13-8-6-12(7-9-13)15(19)16-14-11(2)17-21-18-14/h6-9H,3-5,10H2,1-2H3,(H,16,18,19). The molecule has 1 aromatic carbocycles. The summed E-state index contributed by atoms with van der Waals surface area (Å²) in [4.78, 5) is 12.0. The smallest absolute Gasteiger partial charge is 0.256 e. The predicted molar refractivity (Wildman–Crippen MR) is 78.5 cm³/mol. The van der Waals surface area contributed by atoms with E-state index in [1.807, 2.05) is 0 Å². The van der Waals surface area contributed by atoms with Crippen LogP contribution in [0.4, 0.5) is 5.82 Å². The van der Waals surface area contributed by atoms with Gasteiger partial charge in [-0.15, -0.1) is 0 Å². The van der Waals surface area contributed by atoms with E-state index in [0.717, 1.165) is 18.6 Å². The molecule has 21 heavy (non-hydrogen) atoms. The molecule has 0 saturated carbocycles. The molecular weight excluding hydrogens is 270 g/mol. The number of amides is 1. The average Bonchev–Trinajstić information content (AvgIpc) is 2.89. The van der Waals surface area contributed by atoms with Crippen LogP contribution in [0.15, 0.2) is 28.9 Å². The summed E-state index contributed by atoms with van der Waals surface area (Å²) in [5.41, 5.74) is 1.07. The molecule has 0 aliphatic rings. The first-order chi connectivity index (χ1) is 10.2. The Morgan fingerprint density at radius 1 is 1.24 bits per heavy atom. The highest BCUT2D eigenvalue weighted by molar-refractivity contribution is 6.03. The van der Waals surface area contributed by atoms with Gasteiger partial charge in [-0.25, -0.2) is 4.63 Å². The summed E-state index contributed by atoms with van der Waals surface area (Å²) in [7, 11) is 0. The first-order valence-electron chi connectivity index (χ1n) is 7.04. The number of carbonyl (C=O) groups excluding carboxylic acids is 1. The van der Waals surface area contributed by atoms with E-state index in [-0.39, 0.29) is 5.91 Å². The number of unbranched alkanes of at least 4 members (excludes halogenated alkanes) is 2. The number of aromatic nitrogens is 2. The highest BCUT2D eigenvalue weighted by Gasteiger charge is 2.11. The van der Waals surface area contributed by atoms with Gasteiger partial charge in [-0.05, 0) is 42.8 Å². The summed E-state index contributed by atoms with van der Waals surface area (Å²) < 4.78 is 10.1. The highest BCUT2D eigenvalue weighted by Crippen LogP contribution is 2.15. The Bertz CT molecular complexity index is 578. The number of hydrogen-bond donors (Lipinski definition) is 1. The van der Waals surface area contributed by atoms with Crippen LogP contribution < -0.4 is 10.1 Å². The minimum absolute atomic E-state index is 0.258. The Hall–Kier alpha value is -2.37. The summed E-state index contributed by atoms with van der Waals surface area (Å²) in [6, 6.07) is 7.00. The van der Waals surface area contributed by atoms with E-state index in [0.29, 0.717) is 23.7 Å². The maximum atomic E-state index is 12.0. The van der Waals surface area contributed by atoms with Crippen LogP contribution in [0.1, 0.15) is 42.2 Å². The van der Waals surface area contributed by atoms with Gasteiger partial charge < -0.3 is 10.1 Å². The molecule has 2 rings (SSSR count). The summed E-state index contributed by atoms with van der Waals surface area (Å²) in [6.07, 6.45) is 3.36. The molecule has 0 radical (unpaired) electrons. The zero-order chi connectivity index (χ0) is 15.1. The van der Waals surface area contributed by atoms with Crippen molar-refractivity contribution in [3.63, 3.8) is 0 Å². The van der Waals surface area contributed by atoms with Gasteiger partial charge >= 0.3 is 0 Å². The van der Waals surface area contributed by atoms with E-state index >= 15 is 0 Å². The molecule has 0 aliphatic heterocycles. The highest BCUT2D eigenvalue weighted by atomic mass is 16.6. The van der Waals surface area contributed by atoms with Crippen molar-refractivity contribution < 1.29 is 14.2 Å². The SMILES string of the molecule is CCCCCOc1ccc(C(=O)Nc2nonc2C)cc1. The van der Waals surface area contributed by atoms with Crippen LogP contribution in [0.5, 0.6) is 5.75 Å². The molecule has 0 bridgehead atoms. The Morgan fingerprint density at radius 3 is 2.62 bits per heavy atom. The van der Waals surface area contributed by atoms with Crippen molar-refractivity contribution in [3.05, 3.63) is 35.5 Å². The van der Waals surface area contributed by atoms with Gasteiger partial charge in [0.25, 0.3) is 5.91 Å². The largest absolute Gasteiger partial charge is 0.494 e. The second-order valence-electron chi connectivity index (χ2n) is 4.73. The van der Waals surface area contributed by atoms with Crippen LogP contribution in [0.25, 0.3) is 0 Å². The zero-order valence-electron chi connectivity index (χ0n) is 12.3. The van der Waals surface area contributed by atoms with E-state index in [1.54, 1.807) is 31.2 Å². The van der Waals surface area contributed by atoms with Gasteiger partial charge in [0.15, 0.2) is 0 Å². The van der Waals surface area contributed by atoms with Crippen molar-refractivity contribution in [3.8, 4) is 5.75 Å². The third-order valence-electron chi connectivity index (χ3n) is 3.02. The Balaban J connectivity index is 1.89. The molecule has 0 fully saturated rings. The minimum atomic E-state index is -0.258. The van der Waals surface area contributed by atoms with E-state index < -0.39 is 0 Å². The number of nitrogens with zero attached hydrogens (tertiary/aromatic N) is 2. The van der Waals surface area contributed by atoms with E-state index in [4.69, 9.17) is 4.74 Å². The van der Waals surface area contributed by atoms with Crippen molar-refractivity contribution in [1.82, 2.24) is 10.3 Å². The maximum absolute atomic E-state index is 12.0. The fourth-order valence-corrected chi connectivity index (χ4v) is 1.77. The number of nitrogens with one attached hydrogen (secondary N) is 1. The second-order valence-corrected chi connectivity index (χ2v) is 4.73. The van der Waals surface area contributed by atoms with Crippen LogP contribution in [0.2, 0.25) is 0 Å². The molecule has 0 atom stereocenters. The quantitative estimate of drug-likeness (QED) is 0.792. The van der Waals surface area contributed by atoms with Gasteiger partial charge in [0, 0.05) is 5.56 Å². The molecule has 1 heterocycles. The number of carbonyl (C=O) groups is 1. The molecule has 1 amide bonds. The van der Waals surface area contributed by atoms with E-state index in [2.05, 4.69) is 27.2 Å². The van der Waals surface area contributed by atoms with Gasteiger partial charge in [-0.2, -0.15) is 0 Å². The molecule has 0 saturated heterocycles. The third kappa shape index (κ3) is 4.30. The fraction of sp³-hybridized carbons (Fsp3) is 0.400. The second kappa shape index (κ2) is 7.42. The average molecular weight is 289 g/mol. The normalized spacial score (nSPS) is 10.4. The molecule has 112 valence electrons. The number of hydrogen-bond acceptors (Lipinski definition) is 5. The lowest BCUT2D eigenvalue weighted by molar-refractivity contribution is 0.102. The number of rotatable bonds is 7. The van der Waals surface area contributed by atoms with Crippen molar-refractivity contribution in [2.24, 2.45) is 0 Å². The summed E-state index contributed by atoms with van der Waals surface area (Å²) in [5, 5.41) is 9.86. The van der Waals surface area contributed by atoms with Gasteiger partial charge in [0.2, 0.25) is 5.82 Å². The summed E-state index contributed by atoms with van der Waals surface area (Å²) in [5.74, 6) is 0.841. The number of benzene rings is 1. The maximum Gasteiger partial charge on any atom is 0.256 e. The Kier molecular flexibility index (Phi) is 5.31. The van der Waals surface area contributed by atoms with E-state index in [9.17, 15) is 4.79 Å². The monoisotopic (exact) mass is 289 g/mol. The van der Waals surface area contributed by atoms with Gasteiger partial charge in [-0.3, -0.25) is 4.79 Å². The van der Waals surface area contributed by atoms with Crippen LogP contribution in [0, 0.1) is 6.92 Å². The fourth-order valence-electron chi connectivity index (χ4n) is 1.77. The molecule has 0 aliphatic carbocycles. The molecule has 2 aromatic rings. The lowest BCUT2D eigenvalue weighted by Crippen LogP contribution is -2.12. The molecule has 0 unspecified atom stereocenters. The molecule has 0 spiro atoms. The molecule has 1 aromatic heterocycles. The van der Waals surface area contributed by atoms with Crippen molar-refractivity contribution in [2.75, 3.05) is 11.9 Å². The molecular formula is C15H19N3O3. The van der Waals surface area contributed by atoms with Crippen molar-refractivity contribution in [2.45, 2.75) is 33.1 Å². The lowest BCUT2D eigenvalue weighted by Gasteiger charge is -2.06. The van der Waals surface area contributed by atoms with Crippen LogP contribution in [-0.4, -0.2) is 22.8 Å². The lowest BCUT2D eigenvalue weighted by atomic mass is 10.2. The molecule has 6 heteroatoms. The van der Waals surface area contributed by atoms with Gasteiger partial charge in [0.1, 0.15) is 11.4 Å². The van der Waals surface area contributed by atoms with Crippen LogP contribution in [0.3, 0.4) is 0 Å². The first-order valence-corrected chi connectivity index (χ1v) is 7.04. The predicted octanol–water partition coefficient (Wildman–Crippen LogP) is 3.20. The number of aryl methyl sites for hydroxylation is 1. The first kappa shape index (κ1) is 15.0. The molecule has 1 N–H and O–H groups in total. The van der Waals surface area contributed by atoms with Crippen molar-refractivity contribution >= 4 is 11.7 Å². The van der Waals surface area contributed by atoms with E-state index in [1.165, 1.54) is 6.42 Å². The minimum Gasteiger partial charge on any atom is -0.494 e. The summed E-state index contributed by atoms with van der Waals surface area (Å²) >= 11 is 0. The third-order valence-corrected chi connectivity index (χ3v) is 3.02. The number of anilines is 1. The van der Waals surface area contributed by atoms with Gasteiger partial charge in [-0.1, -0.05) is 24.9 Å². The van der Waals surface area contributed by atoms with Crippen LogP contribution in [-0.2, 0) is 0 Å². The topological polar surface area (TPSA) is 77.2 Å². The van der Waals surface area contributed by atoms with Crippen molar-refractivity contribution in [1.29, 1.82) is 0 Å². The van der Waals surface area contributed by atoms with Gasteiger partial charge in [0.05, 0.1) is 6.61 Å². The summed E-state index contributed by atoms with van der Waals surface area (Å²) in [6.45, 7) is 4.56. The van der Waals surface area contributed by atoms with Crippen LogP contribution >= 0.6 is 0 Å². The zero-order valence-corrected chi connectivity index (χ0v) is 12.3. The number of ether oxygens (including phenoxy) is 1. The Labute approximate surface area is 123 Å².